The van der Waals surface area contributed by atoms with Crippen LogP contribution in [0.15, 0.2) is 12.3 Å². The van der Waals surface area contributed by atoms with Crippen LogP contribution in [0.2, 0.25) is 0 Å². The Bertz CT molecular complexity index is 847. The van der Waals surface area contributed by atoms with Crippen LogP contribution in [0.5, 0.6) is 5.88 Å². The standard InChI is InChI=1S/C22H31N3O6/c1-14-10-25(15(2)12-26)22(29)18-8-17(7-6-16(3)27)9-23-21(18)31-19(14)11-24(4)20(28)13-30-5/h8-9,14-16,19,26-27H,10-13H2,1-5H3/t14-,15+,16+,19-/m1/s1. The van der Waals surface area contributed by atoms with Crippen molar-refractivity contribution in [3.63, 3.8) is 0 Å². The largest absolute Gasteiger partial charge is 0.472 e. The van der Waals surface area contributed by atoms with Gasteiger partial charge in [0.05, 0.1) is 19.2 Å². The Morgan fingerprint density at radius 3 is 2.81 bits per heavy atom. The van der Waals surface area contributed by atoms with E-state index in [2.05, 4.69) is 16.8 Å². The zero-order valence-corrected chi connectivity index (χ0v) is 18.7. The molecule has 2 rings (SSSR count). The summed E-state index contributed by atoms with van der Waals surface area (Å²) in [7, 11) is 3.12. The Morgan fingerprint density at radius 1 is 1.48 bits per heavy atom. The van der Waals surface area contributed by atoms with Gasteiger partial charge in [0.15, 0.2) is 0 Å². The van der Waals surface area contributed by atoms with Crippen molar-refractivity contribution in [2.45, 2.75) is 39.0 Å². The van der Waals surface area contributed by atoms with Crippen LogP contribution >= 0.6 is 0 Å². The van der Waals surface area contributed by atoms with E-state index in [1.807, 2.05) is 6.92 Å². The predicted octanol–water partition coefficient (Wildman–Crippen LogP) is 0.139. The van der Waals surface area contributed by atoms with E-state index in [-0.39, 0.29) is 48.9 Å². The van der Waals surface area contributed by atoms with Crippen LogP contribution < -0.4 is 4.74 Å². The van der Waals surface area contributed by atoms with Crippen molar-refractivity contribution in [2.24, 2.45) is 5.92 Å². The summed E-state index contributed by atoms with van der Waals surface area (Å²) in [6.45, 7) is 5.62. The van der Waals surface area contributed by atoms with E-state index in [0.717, 1.165) is 0 Å². The van der Waals surface area contributed by atoms with Crippen LogP contribution in [-0.2, 0) is 9.53 Å². The number of aromatic nitrogens is 1. The number of aliphatic hydroxyl groups excluding tert-OH is 2. The molecule has 0 unspecified atom stereocenters. The molecule has 0 aliphatic carbocycles. The van der Waals surface area contributed by atoms with Gasteiger partial charge in [0.2, 0.25) is 11.8 Å². The summed E-state index contributed by atoms with van der Waals surface area (Å²) in [4.78, 5) is 32.8. The summed E-state index contributed by atoms with van der Waals surface area (Å²) in [5.74, 6) is 4.91. The maximum atomic E-state index is 13.3. The molecule has 0 bridgehead atoms. The third-order valence-corrected chi connectivity index (χ3v) is 5.09. The number of hydrogen-bond acceptors (Lipinski definition) is 7. The summed E-state index contributed by atoms with van der Waals surface area (Å²) in [5, 5.41) is 19.1. The molecular formula is C22H31N3O6. The molecule has 4 atom stereocenters. The molecule has 1 aromatic heterocycles. The molecule has 0 saturated heterocycles. The molecule has 1 aliphatic rings. The molecule has 2 amide bonds. The quantitative estimate of drug-likeness (QED) is 0.614. The van der Waals surface area contributed by atoms with Gasteiger partial charge in [-0.25, -0.2) is 4.98 Å². The molecule has 170 valence electrons. The molecule has 0 fully saturated rings. The van der Waals surface area contributed by atoms with Crippen molar-refractivity contribution < 1.29 is 29.3 Å². The molecule has 1 aliphatic heterocycles. The number of hydrogen-bond donors (Lipinski definition) is 2. The minimum absolute atomic E-state index is 0.0378. The average molecular weight is 434 g/mol. The second kappa shape index (κ2) is 11.1. The SMILES string of the molecule is COCC(=O)N(C)C[C@H]1Oc2ncc(C#C[C@H](C)O)cc2C(=O)N([C@@H](C)CO)C[C@H]1C. The van der Waals surface area contributed by atoms with Gasteiger partial charge in [0, 0.05) is 38.4 Å². The Morgan fingerprint density at radius 2 is 2.19 bits per heavy atom. The Hall–Kier alpha value is -2.67. The second-order valence-electron chi connectivity index (χ2n) is 7.85. The van der Waals surface area contributed by atoms with E-state index in [1.54, 1.807) is 31.9 Å². The topological polar surface area (TPSA) is 112 Å². The van der Waals surface area contributed by atoms with Gasteiger partial charge in [0.25, 0.3) is 5.91 Å². The maximum Gasteiger partial charge on any atom is 0.259 e. The molecule has 2 heterocycles. The van der Waals surface area contributed by atoms with Crippen molar-refractivity contribution in [2.75, 3.05) is 40.5 Å². The monoisotopic (exact) mass is 433 g/mol. The van der Waals surface area contributed by atoms with E-state index in [9.17, 15) is 19.8 Å². The van der Waals surface area contributed by atoms with E-state index >= 15 is 0 Å². The number of aliphatic hydroxyl groups is 2. The fourth-order valence-electron chi connectivity index (χ4n) is 3.18. The molecule has 1 aromatic rings. The molecule has 0 radical (unpaired) electrons. The van der Waals surface area contributed by atoms with Crippen molar-refractivity contribution >= 4 is 11.8 Å². The van der Waals surface area contributed by atoms with Gasteiger partial charge in [-0.15, -0.1) is 0 Å². The normalized spacial score (nSPS) is 20.4. The Kier molecular flexibility index (Phi) is 8.80. The van der Waals surface area contributed by atoms with E-state index in [4.69, 9.17) is 9.47 Å². The van der Waals surface area contributed by atoms with Crippen molar-refractivity contribution in [3.8, 4) is 17.7 Å². The molecular weight excluding hydrogens is 402 g/mol. The van der Waals surface area contributed by atoms with E-state index in [1.165, 1.54) is 18.2 Å². The first-order valence-corrected chi connectivity index (χ1v) is 10.2. The van der Waals surface area contributed by atoms with Crippen LogP contribution in [0.3, 0.4) is 0 Å². The average Bonchev–Trinajstić information content (AvgIpc) is 2.74. The zero-order valence-electron chi connectivity index (χ0n) is 18.7. The first-order valence-electron chi connectivity index (χ1n) is 10.2. The molecule has 31 heavy (non-hydrogen) atoms. The van der Waals surface area contributed by atoms with Crippen molar-refractivity contribution in [1.82, 2.24) is 14.8 Å². The minimum Gasteiger partial charge on any atom is -0.472 e. The maximum absolute atomic E-state index is 13.3. The number of rotatable bonds is 6. The molecule has 0 aromatic carbocycles. The molecule has 9 heteroatoms. The van der Waals surface area contributed by atoms with Gasteiger partial charge in [-0.05, 0) is 19.9 Å². The van der Waals surface area contributed by atoms with Gasteiger partial charge < -0.3 is 29.5 Å². The highest BCUT2D eigenvalue weighted by Crippen LogP contribution is 2.27. The van der Waals surface area contributed by atoms with Crippen LogP contribution in [0.4, 0.5) is 0 Å². The lowest BCUT2D eigenvalue weighted by molar-refractivity contribution is -0.135. The number of ether oxygens (including phenoxy) is 2. The highest BCUT2D eigenvalue weighted by molar-refractivity contribution is 5.97. The highest BCUT2D eigenvalue weighted by atomic mass is 16.5. The van der Waals surface area contributed by atoms with Crippen LogP contribution in [0.1, 0.15) is 36.7 Å². The fourth-order valence-corrected chi connectivity index (χ4v) is 3.18. The van der Waals surface area contributed by atoms with Gasteiger partial charge >= 0.3 is 0 Å². The van der Waals surface area contributed by atoms with Gasteiger partial charge in [-0.2, -0.15) is 0 Å². The molecule has 0 spiro atoms. The Labute approximate surface area is 183 Å². The van der Waals surface area contributed by atoms with Gasteiger partial charge in [-0.1, -0.05) is 18.8 Å². The molecule has 9 nitrogen and oxygen atoms in total. The third kappa shape index (κ3) is 6.40. The number of methoxy groups -OCH3 is 1. The number of nitrogens with zero attached hydrogens (tertiary/aromatic N) is 3. The molecule has 0 saturated carbocycles. The third-order valence-electron chi connectivity index (χ3n) is 5.09. The predicted molar refractivity (Wildman–Crippen MR) is 113 cm³/mol. The smallest absolute Gasteiger partial charge is 0.259 e. The van der Waals surface area contributed by atoms with Gasteiger partial charge in [0.1, 0.15) is 24.4 Å². The van der Waals surface area contributed by atoms with E-state index < -0.39 is 18.2 Å². The number of carbonyl (C=O) groups is 2. The van der Waals surface area contributed by atoms with E-state index in [0.29, 0.717) is 12.1 Å². The Balaban J connectivity index is 2.44. The summed E-state index contributed by atoms with van der Waals surface area (Å²) in [5.41, 5.74) is 0.686. The number of likely N-dealkylation sites (N-methyl/N-ethyl adjacent to an activating group) is 1. The number of amides is 2. The summed E-state index contributed by atoms with van der Waals surface area (Å²) in [6.07, 6.45) is 0.225. The minimum atomic E-state index is -0.815. The zero-order chi connectivity index (χ0) is 23.1. The van der Waals surface area contributed by atoms with Crippen LogP contribution in [0, 0.1) is 17.8 Å². The fraction of sp³-hybridized carbons (Fsp3) is 0.591. The second-order valence-corrected chi connectivity index (χ2v) is 7.85. The lowest BCUT2D eigenvalue weighted by Gasteiger charge is -2.37. The first kappa shape index (κ1) is 24.6. The van der Waals surface area contributed by atoms with Crippen molar-refractivity contribution in [1.29, 1.82) is 0 Å². The lowest BCUT2D eigenvalue weighted by atomic mass is 10.00. The summed E-state index contributed by atoms with van der Waals surface area (Å²) >= 11 is 0. The number of pyridine rings is 1. The highest BCUT2D eigenvalue weighted by Gasteiger charge is 2.34. The molecule has 2 N–H and O–H groups in total. The van der Waals surface area contributed by atoms with Crippen LogP contribution in [-0.4, -0.2) is 95.5 Å². The lowest BCUT2D eigenvalue weighted by Crippen LogP contribution is -2.50. The summed E-state index contributed by atoms with van der Waals surface area (Å²) < 4.78 is 11.0. The van der Waals surface area contributed by atoms with Crippen molar-refractivity contribution in [3.05, 3.63) is 23.4 Å². The summed E-state index contributed by atoms with van der Waals surface area (Å²) in [6, 6.07) is 1.16. The van der Waals surface area contributed by atoms with Crippen LogP contribution in [0.25, 0.3) is 0 Å². The van der Waals surface area contributed by atoms with Gasteiger partial charge in [-0.3, -0.25) is 9.59 Å². The first-order chi connectivity index (χ1) is 14.7. The number of fused-ring (bicyclic) bond motifs is 1. The number of carbonyl (C=O) groups excluding carboxylic acids is 2.